The summed E-state index contributed by atoms with van der Waals surface area (Å²) in [6.45, 7) is 2.75. The highest BCUT2D eigenvalue weighted by Crippen LogP contribution is 2.20. The minimum atomic E-state index is 0.277. The van der Waals surface area contributed by atoms with Crippen LogP contribution < -0.4 is 5.73 Å². The van der Waals surface area contributed by atoms with Gasteiger partial charge in [0.15, 0.2) is 0 Å². The lowest BCUT2D eigenvalue weighted by molar-refractivity contribution is 0.304. The van der Waals surface area contributed by atoms with Crippen LogP contribution in [0.3, 0.4) is 0 Å². The van der Waals surface area contributed by atoms with Gasteiger partial charge in [-0.3, -0.25) is 4.68 Å². The van der Waals surface area contributed by atoms with E-state index in [4.69, 9.17) is 5.73 Å². The van der Waals surface area contributed by atoms with Crippen molar-refractivity contribution in [2.45, 2.75) is 19.4 Å². The van der Waals surface area contributed by atoms with Crippen molar-refractivity contribution in [2.24, 2.45) is 12.8 Å². The first-order valence-corrected chi connectivity index (χ1v) is 4.99. The van der Waals surface area contributed by atoms with Crippen LogP contribution in [0.4, 0.5) is 0 Å². The SMILES string of the molecule is CCc1nn(C)cc1C(CN)N(C)C. The molecule has 0 fully saturated rings. The maximum absolute atomic E-state index is 5.76. The first-order valence-electron chi connectivity index (χ1n) is 4.99. The average molecular weight is 196 g/mol. The predicted molar refractivity (Wildman–Crippen MR) is 58.1 cm³/mol. The van der Waals surface area contributed by atoms with Gasteiger partial charge in [0, 0.05) is 31.4 Å². The molecule has 4 heteroatoms. The molecule has 2 N–H and O–H groups in total. The van der Waals surface area contributed by atoms with Gasteiger partial charge in [-0.2, -0.15) is 5.10 Å². The van der Waals surface area contributed by atoms with E-state index < -0.39 is 0 Å². The molecule has 0 spiro atoms. The topological polar surface area (TPSA) is 47.1 Å². The molecule has 1 aromatic rings. The normalized spacial score (nSPS) is 13.6. The highest BCUT2D eigenvalue weighted by Gasteiger charge is 2.17. The third-order valence-electron chi connectivity index (χ3n) is 2.48. The molecule has 1 aromatic heterocycles. The van der Waals surface area contributed by atoms with Gasteiger partial charge in [0.2, 0.25) is 0 Å². The van der Waals surface area contributed by atoms with E-state index in [0.29, 0.717) is 6.54 Å². The second-order valence-corrected chi connectivity index (χ2v) is 3.77. The van der Waals surface area contributed by atoms with Crippen molar-refractivity contribution in [3.05, 3.63) is 17.5 Å². The maximum Gasteiger partial charge on any atom is 0.0670 e. The van der Waals surface area contributed by atoms with Crippen LogP contribution in [-0.4, -0.2) is 35.3 Å². The lowest BCUT2D eigenvalue weighted by Crippen LogP contribution is -2.27. The van der Waals surface area contributed by atoms with Gasteiger partial charge in [-0.05, 0) is 20.5 Å². The van der Waals surface area contributed by atoms with Gasteiger partial charge in [0.25, 0.3) is 0 Å². The number of nitrogens with two attached hydrogens (primary N) is 1. The molecule has 0 aromatic carbocycles. The molecule has 1 heterocycles. The molecule has 0 saturated heterocycles. The minimum absolute atomic E-state index is 0.277. The van der Waals surface area contributed by atoms with Crippen LogP contribution in [0.2, 0.25) is 0 Å². The molecule has 0 bridgehead atoms. The summed E-state index contributed by atoms with van der Waals surface area (Å²) in [5.41, 5.74) is 8.16. The Balaban J connectivity index is 3.02. The monoisotopic (exact) mass is 196 g/mol. The molecule has 1 unspecified atom stereocenters. The van der Waals surface area contributed by atoms with Gasteiger partial charge in [-0.1, -0.05) is 6.92 Å². The third-order valence-corrected chi connectivity index (χ3v) is 2.48. The molecule has 80 valence electrons. The van der Waals surface area contributed by atoms with Crippen LogP contribution in [0.15, 0.2) is 6.20 Å². The van der Waals surface area contributed by atoms with Gasteiger partial charge in [0.1, 0.15) is 0 Å². The van der Waals surface area contributed by atoms with E-state index in [2.05, 4.69) is 23.1 Å². The lowest BCUT2D eigenvalue weighted by Gasteiger charge is -2.22. The van der Waals surface area contributed by atoms with Crippen LogP contribution in [0.1, 0.15) is 24.2 Å². The zero-order valence-electron chi connectivity index (χ0n) is 9.49. The van der Waals surface area contributed by atoms with Crippen molar-refractivity contribution < 1.29 is 0 Å². The third kappa shape index (κ3) is 2.13. The lowest BCUT2D eigenvalue weighted by atomic mass is 10.1. The molecule has 14 heavy (non-hydrogen) atoms. The Labute approximate surface area is 85.7 Å². The van der Waals surface area contributed by atoms with E-state index in [1.165, 1.54) is 5.56 Å². The van der Waals surface area contributed by atoms with Crippen molar-refractivity contribution in [3.8, 4) is 0 Å². The van der Waals surface area contributed by atoms with E-state index >= 15 is 0 Å². The number of nitrogens with zero attached hydrogens (tertiary/aromatic N) is 3. The van der Waals surface area contributed by atoms with Gasteiger partial charge < -0.3 is 10.6 Å². The Bertz CT molecular complexity index is 290. The zero-order chi connectivity index (χ0) is 10.7. The van der Waals surface area contributed by atoms with E-state index in [1.807, 2.05) is 25.8 Å². The quantitative estimate of drug-likeness (QED) is 0.764. The van der Waals surface area contributed by atoms with Crippen LogP contribution >= 0.6 is 0 Å². The summed E-state index contributed by atoms with van der Waals surface area (Å²) in [7, 11) is 6.04. The second-order valence-electron chi connectivity index (χ2n) is 3.77. The van der Waals surface area contributed by atoms with Crippen molar-refractivity contribution in [3.63, 3.8) is 0 Å². The molecular weight excluding hydrogens is 176 g/mol. The fraction of sp³-hybridized carbons (Fsp3) is 0.700. The van der Waals surface area contributed by atoms with E-state index in [-0.39, 0.29) is 6.04 Å². The number of rotatable bonds is 4. The number of aromatic nitrogens is 2. The molecule has 1 rings (SSSR count). The summed E-state index contributed by atoms with van der Waals surface area (Å²) in [5.74, 6) is 0. The van der Waals surface area contributed by atoms with E-state index in [0.717, 1.165) is 12.1 Å². The van der Waals surface area contributed by atoms with Crippen LogP contribution in [-0.2, 0) is 13.5 Å². The number of likely N-dealkylation sites (N-methyl/N-ethyl adjacent to an activating group) is 1. The summed E-state index contributed by atoms with van der Waals surface area (Å²) < 4.78 is 1.86. The minimum Gasteiger partial charge on any atom is -0.329 e. The Morgan fingerprint density at radius 1 is 1.57 bits per heavy atom. The van der Waals surface area contributed by atoms with Gasteiger partial charge in [-0.25, -0.2) is 0 Å². The van der Waals surface area contributed by atoms with Crippen LogP contribution in [0.5, 0.6) is 0 Å². The number of hydrogen-bond donors (Lipinski definition) is 1. The van der Waals surface area contributed by atoms with Crippen molar-refractivity contribution >= 4 is 0 Å². The highest BCUT2D eigenvalue weighted by atomic mass is 15.3. The molecule has 0 aliphatic carbocycles. The standard InChI is InChI=1S/C10H20N4/c1-5-9-8(7-14(4)12-9)10(6-11)13(2)3/h7,10H,5-6,11H2,1-4H3. The molecular formula is C10H20N4. The number of aryl methyl sites for hydroxylation is 2. The maximum atomic E-state index is 5.76. The van der Waals surface area contributed by atoms with E-state index in [9.17, 15) is 0 Å². The largest absolute Gasteiger partial charge is 0.329 e. The molecule has 0 aliphatic heterocycles. The fourth-order valence-electron chi connectivity index (χ4n) is 1.72. The van der Waals surface area contributed by atoms with Crippen LogP contribution in [0, 0.1) is 0 Å². The first-order chi connectivity index (χ1) is 6.60. The van der Waals surface area contributed by atoms with Gasteiger partial charge >= 0.3 is 0 Å². The average Bonchev–Trinajstić information content (AvgIpc) is 2.47. The van der Waals surface area contributed by atoms with Crippen molar-refractivity contribution in [1.29, 1.82) is 0 Å². The number of hydrogen-bond acceptors (Lipinski definition) is 3. The second kappa shape index (κ2) is 4.57. The summed E-state index contributed by atoms with van der Waals surface area (Å²) in [6, 6.07) is 0.277. The van der Waals surface area contributed by atoms with E-state index in [1.54, 1.807) is 0 Å². The van der Waals surface area contributed by atoms with Gasteiger partial charge in [-0.15, -0.1) is 0 Å². The Kier molecular flexibility index (Phi) is 3.66. The molecule has 0 radical (unpaired) electrons. The highest BCUT2D eigenvalue weighted by molar-refractivity contribution is 5.21. The zero-order valence-corrected chi connectivity index (χ0v) is 9.49. The molecule has 4 nitrogen and oxygen atoms in total. The molecule has 0 amide bonds. The van der Waals surface area contributed by atoms with Crippen LogP contribution in [0.25, 0.3) is 0 Å². The Morgan fingerprint density at radius 2 is 2.21 bits per heavy atom. The molecule has 0 saturated carbocycles. The van der Waals surface area contributed by atoms with Gasteiger partial charge in [0.05, 0.1) is 5.69 Å². The fourth-order valence-corrected chi connectivity index (χ4v) is 1.72. The molecule has 1 atom stereocenters. The van der Waals surface area contributed by atoms with Crippen molar-refractivity contribution in [1.82, 2.24) is 14.7 Å². The molecule has 0 aliphatic rings. The summed E-state index contributed by atoms with van der Waals surface area (Å²) in [5, 5.41) is 4.41. The Morgan fingerprint density at radius 3 is 2.64 bits per heavy atom. The first kappa shape index (κ1) is 11.2. The summed E-state index contributed by atoms with van der Waals surface area (Å²) in [6.07, 6.45) is 3.02. The smallest absolute Gasteiger partial charge is 0.0670 e. The summed E-state index contributed by atoms with van der Waals surface area (Å²) in [4.78, 5) is 2.14. The summed E-state index contributed by atoms with van der Waals surface area (Å²) >= 11 is 0. The predicted octanol–water partition coefficient (Wildman–Crippen LogP) is 0.544. The van der Waals surface area contributed by atoms with Crippen molar-refractivity contribution in [2.75, 3.05) is 20.6 Å². The Hall–Kier alpha value is -0.870.